The van der Waals surface area contributed by atoms with Crippen LogP contribution in [0.25, 0.3) is 10.9 Å². The topological polar surface area (TPSA) is 42.1 Å². The van der Waals surface area contributed by atoms with Crippen molar-refractivity contribution in [2.75, 3.05) is 23.7 Å². The molecule has 1 aliphatic heterocycles. The van der Waals surface area contributed by atoms with Gasteiger partial charge in [0.2, 0.25) is 0 Å². The van der Waals surface area contributed by atoms with E-state index in [1.807, 2.05) is 23.1 Å². The highest BCUT2D eigenvalue weighted by molar-refractivity contribution is 5.98. The Balaban J connectivity index is 1.88. The van der Waals surface area contributed by atoms with E-state index < -0.39 is 12.1 Å². The molecule has 2 N–H and O–H groups in total. The zero-order valence-corrected chi connectivity index (χ0v) is 11.4. The van der Waals surface area contributed by atoms with Crippen LogP contribution in [0.3, 0.4) is 0 Å². The first-order chi connectivity index (χ1) is 9.97. The van der Waals surface area contributed by atoms with Crippen molar-refractivity contribution in [3.63, 3.8) is 0 Å². The fraction of sp³-hybridized carbons (Fsp3) is 0.400. The van der Waals surface area contributed by atoms with E-state index in [2.05, 4.69) is 4.98 Å². The summed E-state index contributed by atoms with van der Waals surface area (Å²) in [4.78, 5) is 6.25. The number of benzene rings is 1. The van der Waals surface area contributed by atoms with Crippen molar-refractivity contribution >= 4 is 22.3 Å². The zero-order chi connectivity index (χ0) is 15.0. The molecule has 0 atom stereocenters. The number of rotatable bonds is 1. The molecular weight excluding hydrogens is 279 g/mol. The predicted molar refractivity (Wildman–Crippen MR) is 77.1 cm³/mol. The van der Waals surface area contributed by atoms with Gasteiger partial charge in [-0.2, -0.15) is 13.2 Å². The first kappa shape index (κ1) is 14.0. The molecule has 3 rings (SSSR count). The summed E-state index contributed by atoms with van der Waals surface area (Å²) in [5.41, 5.74) is 8.10. The third kappa shape index (κ3) is 2.62. The van der Waals surface area contributed by atoms with Gasteiger partial charge in [-0.05, 0) is 25.0 Å². The molecule has 1 aromatic heterocycles. The molecular formula is C15H16F3N3. The summed E-state index contributed by atoms with van der Waals surface area (Å²) < 4.78 is 38.2. The molecule has 0 unspecified atom stereocenters. The molecule has 0 aliphatic carbocycles. The number of fused-ring (bicyclic) bond motifs is 1. The molecule has 0 spiro atoms. The lowest BCUT2D eigenvalue weighted by Gasteiger charge is -2.34. The van der Waals surface area contributed by atoms with Crippen molar-refractivity contribution in [3.05, 3.63) is 30.5 Å². The number of hydrogen-bond donors (Lipinski definition) is 1. The molecule has 0 amide bonds. The van der Waals surface area contributed by atoms with Gasteiger partial charge in [-0.25, -0.2) is 0 Å². The lowest BCUT2D eigenvalue weighted by atomic mass is 9.95. The van der Waals surface area contributed by atoms with Crippen LogP contribution in [0.15, 0.2) is 30.5 Å². The van der Waals surface area contributed by atoms with E-state index in [4.69, 9.17) is 5.73 Å². The van der Waals surface area contributed by atoms with Gasteiger partial charge in [0.25, 0.3) is 0 Å². The third-order valence-electron chi connectivity index (χ3n) is 4.08. The van der Waals surface area contributed by atoms with Gasteiger partial charge in [0.15, 0.2) is 0 Å². The normalized spacial score (nSPS) is 17.4. The van der Waals surface area contributed by atoms with Crippen LogP contribution >= 0.6 is 0 Å². The van der Waals surface area contributed by atoms with Crippen molar-refractivity contribution in [1.29, 1.82) is 0 Å². The number of nitrogens with zero attached hydrogens (tertiary/aromatic N) is 2. The van der Waals surface area contributed by atoms with E-state index in [0.29, 0.717) is 24.3 Å². The van der Waals surface area contributed by atoms with Crippen LogP contribution in [0, 0.1) is 5.92 Å². The van der Waals surface area contributed by atoms with E-state index in [1.54, 1.807) is 12.3 Å². The summed E-state index contributed by atoms with van der Waals surface area (Å²) >= 11 is 0. The minimum Gasteiger partial charge on any atom is -0.397 e. The Morgan fingerprint density at radius 1 is 1.14 bits per heavy atom. The summed E-state index contributed by atoms with van der Waals surface area (Å²) in [6.45, 7) is 0.802. The number of pyridine rings is 1. The van der Waals surface area contributed by atoms with Gasteiger partial charge in [0.05, 0.1) is 17.1 Å². The fourth-order valence-electron chi connectivity index (χ4n) is 2.91. The minimum absolute atomic E-state index is 0.135. The van der Waals surface area contributed by atoms with Crippen molar-refractivity contribution in [2.45, 2.75) is 19.0 Å². The first-order valence-corrected chi connectivity index (χ1v) is 6.91. The highest BCUT2D eigenvalue weighted by atomic mass is 19.4. The van der Waals surface area contributed by atoms with Crippen molar-refractivity contribution < 1.29 is 13.2 Å². The largest absolute Gasteiger partial charge is 0.397 e. The Morgan fingerprint density at radius 2 is 1.86 bits per heavy atom. The molecule has 112 valence electrons. The monoisotopic (exact) mass is 295 g/mol. The zero-order valence-electron chi connectivity index (χ0n) is 11.4. The molecule has 1 aliphatic rings. The number of halogens is 3. The summed E-state index contributed by atoms with van der Waals surface area (Å²) in [5, 5.41) is 0.892. The molecule has 3 nitrogen and oxygen atoms in total. The number of aromatic nitrogens is 1. The number of piperidine rings is 1. The Hall–Kier alpha value is -1.98. The van der Waals surface area contributed by atoms with E-state index in [-0.39, 0.29) is 12.8 Å². The van der Waals surface area contributed by atoms with Crippen LogP contribution < -0.4 is 10.6 Å². The second kappa shape index (κ2) is 5.09. The van der Waals surface area contributed by atoms with Crippen LogP contribution in [0.2, 0.25) is 0 Å². The summed E-state index contributed by atoms with van der Waals surface area (Å²) in [6, 6.07) is 7.36. The Kier molecular flexibility index (Phi) is 3.39. The van der Waals surface area contributed by atoms with Crippen molar-refractivity contribution in [1.82, 2.24) is 4.98 Å². The van der Waals surface area contributed by atoms with Gasteiger partial charge in [-0.15, -0.1) is 0 Å². The van der Waals surface area contributed by atoms with Crippen molar-refractivity contribution in [3.8, 4) is 0 Å². The Bertz CT molecular complexity index is 646. The van der Waals surface area contributed by atoms with Gasteiger partial charge in [-0.3, -0.25) is 4.98 Å². The minimum atomic E-state index is -4.09. The molecule has 1 fully saturated rings. The standard InChI is InChI=1S/C15H16F3N3/c16-15(17,18)10-5-8-21(9-6-10)13-4-7-20-14-11(13)2-1-3-12(14)19/h1-4,7,10H,5-6,8-9,19H2. The molecule has 2 heterocycles. The molecule has 0 bridgehead atoms. The van der Waals surface area contributed by atoms with Gasteiger partial charge in [0, 0.05) is 30.4 Å². The number of nitrogen functional groups attached to an aromatic ring is 1. The van der Waals surface area contributed by atoms with Crippen LogP contribution in [0.4, 0.5) is 24.5 Å². The summed E-state index contributed by atoms with van der Waals surface area (Å²) in [7, 11) is 0. The Labute approximate surface area is 120 Å². The maximum absolute atomic E-state index is 12.7. The molecule has 2 aromatic rings. The van der Waals surface area contributed by atoms with Crippen molar-refractivity contribution in [2.24, 2.45) is 5.92 Å². The Morgan fingerprint density at radius 3 is 2.52 bits per heavy atom. The van der Waals surface area contributed by atoms with E-state index >= 15 is 0 Å². The summed E-state index contributed by atoms with van der Waals surface area (Å²) in [5.74, 6) is -1.19. The van der Waals surface area contributed by atoms with Gasteiger partial charge < -0.3 is 10.6 Å². The second-order valence-electron chi connectivity index (χ2n) is 5.38. The fourth-order valence-corrected chi connectivity index (χ4v) is 2.91. The number of para-hydroxylation sites is 1. The van der Waals surface area contributed by atoms with Crippen LogP contribution in [-0.4, -0.2) is 24.2 Å². The number of nitrogens with two attached hydrogens (primary N) is 1. The second-order valence-corrected chi connectivity index (χ2v) is 5.38. The molecule has 0 radical (unpaired) electrons. The summed E-state index contributed by atoms with van der Waals surface area (Å²) in [6.07, 6.45) is -2.16. The average Bonchev–Trinajstić information content (AvgIpc) is 2.46. The van der Waals surface area contributed by atoms with Crippen LogP contribution in [0.1, 0.15) is 12.8 Å². The third-order valence-corrected chi connectivity index (χ3v) is 4.08. The first-order valence-electron chi connectivity index (χ1n) is 6.91. The van der Waals surface area contributed by atoms with Gasteiger partial charge >= 0.3 is 6.18 Å². The quantitative estimate of drug-likeness (QED) is 0.817. The maximum Gasteiger partial charge on any atom is 0.391 e. The lowest BCUT2D eigenvalue weighted by Crippen LogP contribution is -2.39. The maximum atomic E-state index is 12.7. The molecule has 21 heavy (non-hydrogen) atoms. The van der Waals surface area contributed by atoms with E-state index in [1.165, 1.54) is 0 Å². The van der Waals surface area contributed by atoms with Crippen LogP contribution in [-0.2, 0) is 0 Å². The number of anilines is 2. The van der Waals surface area contributed by atoms with E-state index in [9.17, 15) is 13.2 Å². The lowest BCUT2D eigenvalue weighted by molar-refractivity contribution is -0.179. The number of hydrogen-bond acceptors (Lipinski definition) is 3. The predicted octanol–water partition coefficient (Wildman–Crippen LogP) is 3.60. The molecule has 6 heteroatoms. The molecule has 1 saturated heterocycles. The average molecular weight is 295 g/mol. The highest BCUT2D eigenvalue weighted by Crippen LogP contribution is 2.37. The molecule has 1 aromatic carbocycles. The highest BCUT2D eigenvalue weighted by Gasteiger charge is 2.41. The number of alkyl halides is 3. The van der Waals surface area contributed by atoms with E-state index in [0.717, 1.165) is 11.1 Å². The smallest absolute Gasteiger partial charge is 0.391 e. The van der Waals surface area contributed by atoms with Gasteiger partial charge in [0.1, 0.15) is 0 Å². The molecule has 0 saturated carbocycles. The van der Waals surface area contributed by atoms with Crippen LogP contribution in [0.5, 0.6) is 0 Å². The van der Waals surface area contributed by atoms with Gasteiger partial charge in [-0.1, -0.05) is 12.1 Å². The SMILES string of the molecule is Nc1cccc2c(N3CCC(C(F)(F)F)CC3)ccnc12.